The van der Waals surface area contributed by atoms with Crippen molar-refractivity contribution in [3.05, 3.63) is 0 Å². The molecule has 13 heavy (non-hydrogen) atoms. The first-order chi connectivity index (χ1) is 5.69. The fourth-order valence-electron chi connectivity index (χ4n) is 0.659. The quantitative estimate of drug-likeness (QED) is 0.708. The third-order valence-electron chi connectivity index (χ3n) is 1.46. The standard InChI is InChI=1S/C9H19NO2S/c1-8(2,3)13-6-9(4,10)7(11)12-5/h6,10H2,1-5H3. The van der Waals surface area contributed by atoms with Crippen LogP contribution in [0.2, 0.25) is 0 Å². The summed E-state index contributed by atoms with van der Waals surface area (Å²) in [5.41, 5.74) is 4.90. The molecule has 0 radical (unpaired) electrons. The Morgan fingerprint density at radius 3 is 2.15 bits per heavy atom. The van der Waals surface area contributed by atoms with E-state index >= 15 is 0 Å². The van der Waals surface area contributed by atoms with Crippen LogP contribution < -0.4 is 5.73 Å². The summed E-state index contributed by atoms with van der Waals surface area (Å²) < 4.78 is 4.72. The summed E-state index contributed by atoms with van der Waals surface area (Å²) in [6.07, 6.45) is 0. The van der Waals surface area contributed by atoms with Crippen LogP contribution in [0.5, 0.6) is 0 Å². The highest BCUT2D eigenvalue weighted by Crippen LogP contribution is 2.26. The van der Waals surface area contributed by atoms with Gasteiger partial charge >= 0.3 is 5.97 Å². The minimum Gasteiger partial charge on any atom is -0.468 e. The highest BCUT2D eigenvalue weighted by Gasteiger charge is 2.31. The molecule has 2 N–H and O–H groups in total. The van der Waals surface area contributed by atoms with Crippen molar-refractivity contribution in [3.63, 3.8) is 0 Å². The summed E-state index contributed by atoms with van der Waals surface area (Å²) in [6.45, 7) is 7.96. The Hall–Kier alpha value is -0.220. The Labute approximate surface area is 84.4 Å². The van der Waals surface area contributed by atoms with Crippen molar-refractivity contribution in [2.45, 2.75) is 38.0 Å². The van der Waals surface area contributed by atoms with Crippen LogP contribution in [-0.4, -0.2) is 29.1 Å². The molecular formula is C9H19NO2S. The number of methoxy groups -OCH3 is 1. The molecule has 0 bridgehead atoms. The molecule has 0 fully saturated rings. The molecule has 0 heterocycles. The van der Waals surface area contributed by atoms with Crippen LogP contribution in [0.25, 0.3) is 0 Å². The van der Waals surface area contributed by atoms with Gasteiger partial charge in [0.05, 0.1) is 7.11 Å². The van der Waals surface area contributed by atoms with E-state index in [1.165, 1.54) is 7.11 Å². The number of ether oxygens (including phenoxy) is 1. The summed E-state index contributed by atoms with van der Waals surface area (Å²) in [4.78, 5) is 11.2. The Morgan fingerprint density at radius 2 is 1.85 bits per heavy atom. The zero-order valence-electron chi connectivity index (χ0n) is 9.01. The molecule has 0 aromatic heterocycles. The lowest BCUT2D eigenvalue weighted by Gasteiger charge is -2.25. The van der Waals surface area contributed by atoms with E-state index in [-0.39, 0.29) is 10.7 Å². The first kappa shape index (κ1) is 12.8. The van der Waals surface area contributed by atoms with Crippen molar-refractivity contribution in [2.24, 2.45) is 5.73 Å². The fraction of sp³-hybridized carbons (Fsp3) is 0.889. The molecule has 0 aromatic carbocycles. The lowest BCUT2D eigenvalue weighted by Crippen LogP contribution is -2.48. The average molecular weight is 205 g/mol. The van der Waals surface area contributed by atoms with E-state index in [1.807, 2.05) is 0 Å². The van der Waals surface area contributed by atoms with Crippen LogP contribution in [-0.2, 0) is 9.53 Å². The monoisotopic (exact) mass is 205 g/mol. The minimum absolute atomic E-state index is 0.120. The molecule has 3 nitrogen and oxygen atoms in total. The molecule has 0 aromatic rings. The summed E-state index contributed by atoms with van der Waals surface area (Å²) in [5, 5.41) is 0. The van der Waals surface area contributed by atoms with E-state index < -0.39 is 5.54 Å². The van der Waals surface area contributed by atoms with Crippen molar-refractivity contribution in [2.75, 3.05) is 12.9 Å². The third kappa shape index (κ3) is 5.16. The van der Waals surface area contributed by atoms with Crippen LogP contribution in [0.4, 0.5) is 0 Å². The zero-order chi connectivity index (χ0) is 10.7. The summed E-state index contributed by atoms with van der Waals surface area (Å²) in [5.74, 6) is 0.215. The van der Waals surface area contributed by atoms with Gasteiger partial charge in [-0.1, -0.05) is 20.8 Å². The Balaban J connectivity index is 4.11. The minimum atomic E-state index is -0.882. The van der Waals surface area contributed by atoms with Gasteiger partial charge in [-0.05, 0) is 6.92 Å². The van der Waals surface area contributed by atoms with Crippen LogP contribution in [0.1, 0.15) is 27.7 Å². The largest absolute Gasteiger partial charge is 0.468 e. The van der Waals surface area contributed by atoms with Gasteiger partial charge < -0.3 is 10.5 Å². The maximum atomic E-state index is 11.2. The van der Waals surface area contributed by atoms with E-state index in [2.05, 4.69) is 25.5 Å². The topological polar surface area (TPSA) is 52.3 Å². The second-order valence-corrected chi connectivity index (χ2v) is 6.11. The number of carbonyl (C=O) groups is 1. The zero-order valence-corrected chi connectivity index (χ0v) is 9.83. The first-order valence-corrected chi connectivity index (χ1v) is 5.19. The predicted molar refractivity (Wildman–Crippen MR) is 56.8 cm³/mol. The maximum Gasteiger partial charge on any atom is 0.326 e. The van der Waals surface area contributed by atoms with Crippen LogP contribution in [0.3, 0.4) is 0 Å². The normalized spacial score (nSPS) is 16.5. The van der Waals surface area contributed by atoms with Crippen LogP contribution in [0.15, 0.2) is 0 Å². The molecule has 1 unspecified atom stereocenters. The van der Waals surface area contributed by atoms with E-state index in [4.69, 9.17) is 5.73 Å². The van der Waals surface area contributed by atoms with Gasteiger partial charge in [0.25, 0.3) is 0 Å². The highest BCUT2D eigenvalue weighted by atomic mass is 32.2. The molecule has 78 valence electrons. The van der Waals surface area contributed by atoms with Crippen molar-refractivity contribution in [1.82, 2.24) is 0 Å². The van der Waals surface area contributed by atoms with Gasteiger partial charge in [-0.2, -0.15) is 11.8 Å². The highest BCUT2D eigenvalue weighted by molar-refractivity contribution is 8.00. The fourth-order valence-corrected chi connectivity index (χ4v) is 1.51. The number of hydrogen-bond acceptors (Lipinski definition) is 4. The van der Waals surface area contributed by atoms with E-state index in [0.29, 0.717) is 5.75 Å². The molecular weight excluding hydrogens is 186 g/mol. The third-order valence-corrected chi connectivity index (χ3v) is 3.07. The maximum absolute atomic E-state index is 11.2. The van der Waals surface area contributed by atoms with Gasteiger partial charge in [0.1, 0.15) is 5.54 Å². The van der Waals surface area contributed by atoms with Gasteiger partial charge in [-0.15, -0.1) is 0 Å². The predicted octanol–water partition coefficient (Wildman–Crippen LogP) is 1.41. The molecule has 0 saturated heterocycles. The van der Waals surface area contributed by atoms with E-state index in [0.717, 1.165) is 0 Å². The summed E-state index contributed by atoms with van der Waals surface area (Å²) in [7, 11) is 1.36. The van der Waals surface area contributed by atoms with Crippen molar-refractivity contribution >= 4 is 17.7 Å². The van der Waals surface area contributed by atoms with Gasteiger partial charge in [0.15, 0.2) is 0 Å². The smallest absolute Gasteiger partial charge is 0.326 e. The second kappa shape index (κ2) is 4.33. The van der Waals surface area contributed by atoms with Gasteiger partial charge in [0.2, 0.25) is 0 Å². The molecule has 0 spiro atoms. The average Bonchev–Trinajstić information content (AvgIpc) is 1.98. The van der Waals surface area contributed by atoms with Gasteiger partial charge in [-0.25, -0.2) is 0 Å². The lowest BCUT2D eigenvalue weighted by molar-refractivity contribution is -0.145. The van der Waals surface area contributed by atoms with E-state index in [1.54, 1.807) is 18.7 Å². The Bertz CT molecular complexity index is 185. The number of thioether (sulfide) groups is 1. The lowest BCUT2D eigenvalue weighted by atomic mass is 10.1. The van der Waals surface area contributed by atoms with Crippen LogP contribution in [0, 0.1) is 0 Å². The molecule has 4 heteroatoms. The number of esters is 1. The molecule has 0 rings (SSSR count). The molecule has 0 aliphatic rings. The number of nitrogens with two attached hydrogens (primary N) is 1. The van der Waals surface area contributed by atoms with Crippen molar-refractivity contribution in [1.29, 1.82) is 0 Å². The molecule has 1 atom stereocenters. The number of rotatable bonds is 3. The van der Waals surface area contributed by atoms with E-state index in [9.17, 15) is 4.79 Å². The number of carbonyl (C=O) groups excluding carboxylic acids is 1. The van der Waals surface area contributed by atoms with Crippen molar-refractivity contribution in [3.8, 4) is 0 Å². The molecule has 0 amide bonds. The second-order valence-electron chi connectivity index (χ2n) is 4.31. The SMILES string of the molecule is COC(=O)C(C)(N)CSC(C)(C)C. The molecule has 0 aliphatic carbocycles. The Kier molecular flexibility index (Phi) is 4.26. The van der Waals surface area contributed by atoms with Crippen LogP contribution >= 0.6 is 11.8 Å². The Morgan fingerprint density at radius 1 is 1.38 bits per heavy atom. The number of hydrogen-bond donors (Lipinski definition) is 1. The summed E-state index contributed by atoms with van der Waals surface area (Å²) in [6, 6.07) is 0. The first-order valence-electron chi connectivity index (χ1n) is 4.20. The molecule has 0 saturated carbocycles. The van der Waals surface area contributed by atoms with Gasteiger partial charge in [-0.3, -0.25) is 4.79 Å². The van der Waals surface area contributed by atoms with Crippen molar-refractivity contribution < 1.29 is 9.53 Å². The molecule has 0 aliphatic heterocycles. The summed E-state index contributed by atoms with van der Waals surface area (Å²) >= 11 is 1.66. The van der Waals surface area contributed by atoms with Gasteiger partial charge in [0, 0.05) is 10.5 Å².